The zero-order valence-corrected chi connectivity index (χ0v) is 6.96. The Hall–Kier alpha value is -0.640. The van der Waals surface area contributed by atoms with Gasteiger partial charge in [0.2, 0.25) is 0 Å². The molecule has 1 aromatic heterocycles. The van der Waals surface area contributed by atoms with Crippen molar-refractivity contribution >= 4 is 17.6 Å². The first-order valence-electron chi connectivity index (χ1n) is 3.19. The molecule has 0 aliphatic rings. The Morgan fingerprint density at radius 1 is 1.70 bits per heavy atom. The maximum absolute atomic E-state index is 5.54. The molecule has 0 radical (unpaired) electrons. The third-order valence-electron chi connectivity index (χ3n) is 1.28. The highest BCUT2D eigenvalue weighted by atomic mass is 32.2. The van der Waals surface area contributed by atoms with Gasteiger partial charge in [-0.05, 0) is 12.7 Å². The molecule has 1 rings (SSSR count). The van der Waals surface area contributed by atoms with Crippen LogP contribution >= 0.6 is 11.8 Å². The number of rotatable bonds is 2. The van der Waals surface area contributed by atoms with Crippen LogP contribution in [0.1, 0.15) is 12.5 Å². The van der Waals surface area contributed by atoms with E-state index in [9.17, 15) is 0 Å². The summed E-state index contributed by atoms with van der Waals surface area (Å²) in [5.41, 5.74) is 6.60. The lowest BCUT2D eigenvalue weighted by molar-refractivity contribution is 1.00. The van der Waals surface area contributed by atoms with Gasteiger partial charge in [-0.1, -0.05) is 6.92 Å². The fourth-order valence-electron chi connectivity index (χ4n) is 0.671. The zero-order valence-electron chi connectivity index (χ0n) is 6.14. The van der Waals surface area contributed by atoms with E-state index in [1.165, 1.54) is 0 Å². The van der Waals surface area contributed by atoms with Crippen LogP contribution in [0.5, 0.6) is 0 Å². The number of H-pyrrole nitrogens is 1. The maximum atomic E-state index is 5.54. The van der Waals surface area contributed by atoms with Crippen molar-refractivity contribution in [3.8, 4) is 0 Å². The Morgan fingerprint density at radius 3 is 2.80 bits per heavy atom. The van der Waals surface area contributed by atoms with Gasteiger partial charge in [0.05, 0.1) is 0 Å². The number of nitrogens with one attached hydrogen (secondary N) is 1. The van der Waals surface area contributed by atoms with E-state index in [0.29, 0.717) is 5.82 Å². The number of nitrogens with zero attached hydrogens (tertiary/aromatic N) is 1. The van der Waals surface area contributed by atoms with Crippen LogP contribution in [-0.4, -0.2) is 16.0 Å². The molecule has 0 saturated heterocycles. The predicted octanol–water partition coefficient (Wildman–Crippen LogP) is 1.41. The van der Waals surface area contributed by atoms with Crippen molar-refractivity contribution in [1.29, 1.82) is 0 Å². The summed E-state index contributed by atoms with van der Waals surface area (Å²) in [6.45, 7) is 4.06. The lowest BCUT2D eigenvalue weighted by atomic mass is 10.4. The number of hydrogen-bond acceptors (Lipinski definition) is 3. The van der Waals surface area contributed by atoms with E-state index in [-0.39, 0.29) is 0 Å². The predicted molar refractivity (Wildman–Crippen MR) is 44.1 cm³/mol. The fourth-order valence-corrected chi connectivity index (χ4v) is 1.38. The highest BCUT2D eigenvalue weighted by Gasteiger charge is 2.03. The molecule has 3 nitrogen and oxygen atoms in total. The lowest BCUT2D eigenvalue weighted by Crippen LogP contribution is -1.85. The minimum absolute atomic E-state index is 0.677. The van der Waals surface area contributed by atoms with Gasteiger partial charge in [-0.2, -0.15) is 5.10 Å². The molecular weight excluding hydrogens is 146 g/mol. The summed E-state index contributed by atoms with van der Waals surface area (Å²) in [6, 6.07) is 0. The number of anilines is 1. The highest BCUT2D eigenvalue weighted by molar-refractivity contribution is 7.99. The van der Waals surface area contributed by atoms with Gasteiger partial charge in [-0.15, -0.1) is 11.8 Å². The number of hydrogen-bond donors (Lipinski definition) is 2. The highest BCUT2D eigenvalue weighted by Crippen LogP contribution is 2.22. The van der Waals surface area contributed by atoms with Crippen molar-refractivity contribution in [2.45, 2.75) is 18.9 Å². The van der Waals surface area contributed by atoms with E-state index in [1.807, 2.05) is 6.92 Å². The molecule has 1 aromatic rings. The molecule has 0 aromatic carbocycles. The largest absolute Gasteiger partial charge is 0.384 e. The van der Waals surface area contributed by atoms with Crippen molar-refractivity contribution in [1.82, 2.24) is 10.2 Å². The van der Waals surface area contributed by atoms with Gasteiger partial charge in [-0.25, -0.2) is 0 Å². The number of thioether (sulfide) groups is 1. The Morgan fingerprint density at radius 2 is 2.40 bits per heavy atom. The average molecular weight is 157 g/mol. The van der Waals surface area contributed by atoms with Crippen molar-refractivity contribution in [2.24, 2.45) is 0 Å². The van der Waals surface area contributed by atoms with E-state index in [1.54, 1.807) is 11.8 Å². The topological polar surface area (TPSA) is 54.7 Å². The standard InChI is InChI=1S/C6H11N3S/c1-3-10-6-4(2)5(7)8-9-6/h3H2,1-2H3,(H3,7,8,9). The SMILES string of the molecule is CCSc1n[nH]c(N)c1C. The van der Waals surface area contributed by atoms with Crippen molar-refractivity contribution in [3.05, 3.63) is 5.56 Å². The summed E-state index contributed by atoms with van der Waals surface area (Å²) in [7, 11) is 0. The summed E-state index contributed by atoms with van der Waals surface area (Å²) in [5, 5.41) is 7.76. The second kappa shape index (κ2) is 2.96. The monoisotopic (exact) mass is 157 g/mol. The molecule has 4 heteroatoms. The number of nitrogen functional groups attached to an aromatic ring is 1. The van der Waals surface area contributed by atoms with E-state index >= 15 is 0 Å². The minimum atomic E-state index is 0.677. The molecule has 0 amide bonds. The second-order valence-electron chi connectivity index (χ2n) is 2.00. The molecule has 0 atom stereocenters. The van der Waals surface area contributed by atoms with Crippen molar-refractivity contribution in [2.75, 3.05) is 11.5 Å². The molecule has 0 saturated carbocycles. The van der Waals surface area contributed by atoms with E-state index in [4.69, 9.17) is 5.73 Å². The molecular formula is C6H11N3S. The smallest absolute Gasteiger partial charge is 0.123 e. The Kier molecular flexibility index (Phi) is 2.21. The molecule has 0 aliphatic heterocycles. The van der Waals surface area contributed by atoms with Gasteiger partial charge in [-0.3, -0.25) is 5.10 Å². The summed E-state index contributed by atoms with van der Waals surface area (Å²) in [6.07, 6.45) is 0. The quantitative estimate of drug-likeness (QED) is 0.638. The molecule has 0 aliphatic carbocycles. The van der Waals surface area contributed by atoms with Gasteiger partial charge in [0.1, 0.15) is 10.8 Å². The Labute approximate surface area is 64.4 Å². The molecule has 10 heavy (non-hydrogen) atoms. The fraction of sp³-hybridized carbons (Fsp3) is 0.500. The number of aromatic amines is 1. The van der Waals surface area contributed by atoms with Crippen LogP contribution in [0, 0.1) is 6.92 Å². The third-order valence-corrected chi connectivity index (χ3v) is 2.24. The van der Waals surface area contributed by atoms with Crippen LogP contribution < -0.4 is 5.73 Å². The summed E-state index contributed by atoms with van der Waals surface area (Å²) < 4.78 is 0. The van der Waals surface area contributed by atoms with Crippen molar-refractivity contribution < 1.29 is 0 Å². The van der Waals surface area contributed by atoms with Crippen LogP contribution in [0.15, 0.2) is 5.03 Å². The van der Waals surface area contributed by atoms with E-state index in [0.717, 1.165) is 16.3 Å². The first-order valence-corrected chi connectivity index (χ1v) is 4.17. The van der Waals surface area contributed by atoms with E-state index < -0.39 is 0 Å². The molecule has 1 heterocycles. The van der Waals surface area contributed by atoms with Crippen LogP contribution in [0.4, 0.5) is 5.82 Å². The van der Waals surface area contributed by atoms with Gasteiger partial charge < -0.3 is 5.73 Å². The molecule has 0 bridgehead atoms. The average Bonchev–Trinajstić information content (AvgIpc) is 2.20. The van der Waals surface area contributed by atoms with Gasteiger partial charge in [0.15, 0.2) is 0 Å². The van der Waals surface area contributed by atoms with Crippen LogP contribution in [0.2, 0.25) is 0 Å². The summed E-state index contributed by atoms with van der Waals surface area (Å²) >= 11 is 1.70. The van der Waals surface area contributed by atoms with Gasteiger partial charge in [0.25, 0.3) is 0 Å². The van der Waals surface area contributed by atoms with Crippen LogP contribution in [0.25, 0.3) is 0 Å². The zero-order chi connectivity index (χ0) is 7.56. The normalized spacial score (nSPS) is 10.2. The molecule has 3 N–H and O–H groups in total. The van der Waals surface area contributed by atoms with Crippen LogP contribution in [-0.2, 0) is 0 Å². The summed E-state index contributed by atoms with van der Waals surface area (Å²) in [5.74, 6) is 1.71. The third kappa shape index (κ3) is 1.26. The Bertz CT molecular complexity index is 219. The molecule has 0 unspecified atom stereocenters. The van der Waals surface area contributed by atoms with Gasteiger partial charge in [0, 0.05) is 5.56 Å². The summed E-state index contributed by atoms with van der Waals surface area (Å²) in [4.78, 5) is 0. The maximum Gasteiger partial charge on any atom is 0.123 e. The molecule has 0 spiro atoms. The minimum Gasteiger partial charge on any atom is -0.384 e. The second-order valence-corrected chi connectivity index (χ2v) is 3.25. The van der Waals surface area contributed by atoms with Gasteiger partial charge >= 0.3 is 0 Å². The molecule has 0 fully saturated rings. The van der Waals surface area contributed by atoms with Crippen molar-refractivity contribution in [3.63, 3.8) is 0 Å². The first kappa shape index (κ1) is 7.47. The first-order chi connectivity index (χ1) is 4.75. The number of nitrogens with two attached hydrogens (primary N) is 1. The van der Waals surface area contributed by atoms with E-state index in [2.05, 4.69) is 17.1 Å². The lowest BCUT2D eigenvalue weighted by Gasteiger charge is -1.91. The van der Waals surface area contributed by atoms with Crippen LogP contribution in [0.3, 0.4) is 0 Å². The molecule has 56 valence electrons. The Balaban J connectivity index is 2.83. The number of aromatic nitrogens is 2.